The van der Waals surface area contributed by atoms with E-state index in [0.717, 1.165) is 12.1 Å². The molecule has 18 heavy (non-hydrogen) atoms. The average molecular weight is 278 g/mol. The van der Waals surface area contributed by atoms with Gasteiger partial charge in [0.05, 0.1) is 16.3 Å². The van der Waals surface area contributed by atoms with Crippen molar-refractivity contribution >= 4 is 33.3 Å². The maximum atomic E-state index is 4.71. The van der Waals surface area contributed by atoms with Gasteiger partial charge in [0.15, 0.2) is 0 Å². The van der Waals surface area contributed by atoms with Crippen LogP contribution < -0.4 is 5.32 Å². The average Bonchev–Trinajstić information content (AvgIpc) is 3.05. The predicted octanol–water partition coefficient (Wildman–Crippen LogP) is 3.84. The number of rotatable bonds is 5. The maximum absolute atomic E-state index is 4.71. The first kappa shape index (κ1) is 12.5. The van der Waals surface area contributed by atoms with Gasteiger partial charge in [-0.25, -0.2) is 4.98 Å². The van der Waals surface area contributed by atoms with Gasteiger partial charge in [0.25, 0.3) is 0 Å². The first-order valence-corrected chi connectivity index (χ1v) is 8.41. The second-order valence-corrected chi connectivity index (χ2v) is 7.35. The second kappa shape index (κ2) is 4.83. The zero-order chi connectivity index (χ0) is 12.6. The number of para-hydroxylation sites is 1. The van der Waals surface area contributed by atoms with Crippen molar-refractivity contribution in [2.75, 3.05) is 12.8 Å². The van der Waals surface area contributed by atoms with Crippen LogP contribution in [-0.4, -0.2) is 22.5 Å². The molecule has 1 atom stereocenters. The Hall–Kier alpha value is -0.580. The highest BCUT2D eigenvalue weighted by atomic mass is 32.2. The summed E-state index contributed by atoms with van der Waals surface area (Å²) in [6.07, 6.45) is 4.93. The number of thioether (sulfide) groups is 1. The lowest BCUT2D eigenvalue weighted by atomic mass is 10.3. The Kier molecular flexibility index (Phi) is 3.34. The van der Waals surface area contributed by atoms with E-state index < -0.39 is 0 Å². The van der Waals surface area contributed by atoms with Crippen molar-refractivity contribution in [3.63, 3.8) is 0 Å². The molecule has 0 aliphatic heterocycles. The molecule has 1 N–H and O–H groups in total. The minimum atomic E-state index is 0.354. The predicted molar refractivity (Wildman–Crippen MR) is 81.5 cm³/mol. The van der Waals surface area contributed by atoms with E-state index in [-0.39, 0.29) is 0 Å². The fourth-order valence-electron chi connectivity index (χ4n) is 2.09. The van der Waals surface area contributed by atoms with Crippen LogP contribution in [0.5, 0.6) is 0 Å². The van der Waals surface area contributed by atoms with Gasteiger partial charge in [-0.3, -0.25) is 0 Å². The van der Waals surface area contributed by atoms with Crippen LogP contribution >= 0.6 is 23.1 Å². The Morgan fingerprint density at radius 3 is 2.89 bits per heavy atom. The third kappa shape index (κ3) is 2.42. The Bertz CT molecular complexity index is 512. The molecule has 96 valence electrons. The van der Waals surface area contributed by atoms with Gasteiger partial charge in [-0.05, 0) is 38.2 Å². The molecule has 4 heteroatoms. The number of nitrogens with zero attached hydrogens (tertiary/aromatic N) is 1. The molecule has 0 bridgehead atoms. The zero-order valence-electron chi connectivity index (χ0n) is 10.8. The highest BCUT2D eigenvalue weighted by molar-refractivity contribution is 8.00. The minimum Gasteiger partial charge on any atom is -0.307 e. The van der Waals surface area contributed by atoms with Crippen molar-refractivity contribution in [1.82, 2.24) is 10.3 Å². The van der Waals surface area contributed by atoms with Gasteiger partial charge in [-0.2, -0.15) is 11.8 Å². The summed E-state index contributed by atoms with van der Waals surface area (Å²) in [5, 5.41) is 4.84. The van der Waals surface area contributed by atoms with Gasteiger partial charge >= 0.3 is 0 Å². The van der Waals surface area contributed by atoms with E-state index in [4.69, 9.17) is 4.98 Å². The summed E-state index contributed by atoms with van der Waals surface area (Å²) >= 11 is 3.80. The van der Waals surface area contributed by atoms with Crippen LogP contribution in [-0.2, 0) is 0 Å². The molecule has 0 amide bonds. The number of fused-ring (bicyclic) bond motifs is 1. The summed E-state index contributed by atoms with van der Waals surface area (Å²) < 4.78 is 1.80. The lowest BCUT2D eigenvalue weighted by molar-refractivity contribution is 0.562. The Labute approximate surface area is 116 Å². The molecule has 1 unspecified atom stereocenters. The van der Waals surface area contributed by atoms with Gasteiger partial charge in [0.2, 0.25) is 0 Å². The van der Waals surface area contributed by atoms with Gasteiger partial charge in [-0.1, -0.05) is 12.1 Å². The van der Waals surface area contributed by atoms with Gasteiger partial charge < -0.3 is 5.32 Å². The molecule has 3 rings (SSSR count). The number of thiazole rings is 1. The summed E-state index contributed by atoms with van der Waals surface area (Å²) in [6.45, 7) is 3.32. The fraction of sp³-hybridized carbons (Fsp3) is 0.500. The molecule has 1 heterocycles. The molecule has 1 aliphatic rings. The molecule has 2 nitrogen and oxygen atoms in total. The summed E-state index contributed by atoms with van der Waals surface area (Å²) in [5.74, 6) is 0. The molecule has 1 aliphatic carbocycles. The van der Waals surface area contributed by atoms with Crippen molar-refractivity contribution in [3.05, 3.63) is 29.3 Å². The summed E-state index contributed by atoms with van der Waals surface area (Å²) in [7, 11) is 0. The molecule has 0 radical (unpaired) electrons. The van der Waals surface area contributed by atoms with Crippen LogP contribution in [0.15, 0.2) is 24.3 Å². The third-order valence-corrected chi connectivity index (χ3v) is 6.29. The molecular weight excluding hydrogens is 260 g/mol. The minimum absolute atomic E-state index is 0.354. The molecule has 2 aromatic rings. The van der Waals surface area contributed by atoms with Crippen LogP contribution in [0.25, 0.3) is 10.2 Å². The van der Waals surface area contributed by atoms with Gasteiger partial charge in [0.1, 0.15) is 5.01 Å². The Morgan fingerprint density at radius 2 is 2.22 bits per heavy atom. The van der Waals surface area contributed by atoms with Crippen LogP contribution in [0.3, 0.4) is 0 Å². The molecule has 1 fully saturated rings. The zero-order valence-corrected chi connectivity index (χ0v) is 12.4. The van der Waals surface area contributed by atoms with E-state index in [0.29, 0.717) is 10.8 Å². The van der Waals surface area contributed by atoms with Gasteiger partial charge in [0, 0.05) is 11.3 Å². The third-order valence-electron chi connectivity index (χ3n) is 3.65. The van der Waals surface area contributed by atoms with Crippen molar-refractivity contribution in [1.29, 1.82) is 0 Å². The van der Waals surface area contributed by atoms with Crippen molar-refractivity contribution in [2.45, 2.75) is 30.6 Å². The highest BCUT2D eigenvalue weighted by Gasteiger charge is 2.41. The topological polar surface area (TPSA) is 24.9 Å². The molecule has 0 spiro atoms. The van der Waals surface area contributed by atoms with Crippen LogP contribution in [0.1, 0.15) is 30.8 Å². The number of aromatic nitrogens is 1. The van der Waals surface area contributed by atoms with E-state index in [1.807, 2.05) is 11.8 Å². The molecule has 1 saturated carbocycles. The van der Waals surface area contributed by atoms with Gasteiger partial charge in [-0.15, -0.1) is 11.3 Å². The number of hydrogen-bond donors (Lipinski definition) is 1. The quantitative estimate of drug-likeness (QED) is 0.899. The van der Waals surface area contributed by atoms with E-state index in [1.54, 1.807) is 11.3 Å². The standard InChI is InChI=1S/C14H18N2S2/c1-10(15-9-14(17-2)7-8-14)13-16-11-5-3-4-6-12(11)18-13/h3-6,10,15H,7-9H2,1-2H3. The largest absolute Gasteiger partial charge is 0.307 e. The Balaban J connectivity index is 1.69. The van der Waals surface area contributed by atoms with E-state index >= 15 is 0 Å². The second-order valence-electron chi connectivity index (χ2n) is 5.01. The first-order valence-electron chi connectivity index (χ1n) is 6.36. The van der Waals surface area contributed by atoms with E-state index in [9.17, 15) is 0 Å². The molecular formula is C14H18N2S2. The Morgan fingerprint density at radius 1 is 1.44 bits per heavy atom. The van der Waals surface area contributed by atoms with E-state index in [2.05, 4.69) is 42.8 Å². The molecule has 1 aromatic carbocycles. The molecule has 0 saturated heterocycles. The lowest BCUT2D eigenvalue weighted by Crippen LogP contribution is -2.28. The first-order chi connectivity index (χ1) is 8.72. The summed E-state index contributed by atoms with van der Waals surface area (Å²) in [4.78, 5) is 4.71. The molecule has 1 aromatic heterocycles. The summed E-state index contributed by atoms with van der Waals surface area (Å²) in [5.41, 5.74) is 1.12. The maximum Gasteiger partial charge on any atom is 0.111 e. The number of benzene rings is 1. The number of nitrogens with one attached hydrogen (secondary N) is 1. The van der Waals surface area contributed by atoms with Crippen molar-refractivity contribution in [3.8, 4) is 0 Å². The fourth-order valence-corrected chi connectivity index (χ4v) is 3.83. The highest BCUT2D eigenvalue weighted by Crippen LogP contribution is 2.46. The number of hydrogen-bond acceptors (Lipinski definition) is 4. The van der Waals surface area contributed by atoms with Crippen LogP contribution in [0.4, 0.5) is 0 Å². The normalized spacial score (nSPS) is 19.0. The monoisotopic (exact) mass is 278 g/mol. The SMILES string of the molecule is CSC1(CNC(C)c2nc3ccccc3s2)CC1. The smallest absolute Gasteiger partial charge is 0.111 e. The lowest BCUT2D eigenvalue weighted by Gasteiger charge is -2.16. The van der Waals surface area contributed by atoms with Crippen LogP contribution in [0, 0.1) is 0 Å². The van der Waals surface area contributed by atoms with E-state index in [1.165, 1.54) is 22.5 Å². The van der Waals surface area contributed by atoms with Crippen LogP contribution in [0.2, 0.25) is 0 Å². The van der Waals surface area contributed by atoms with Crippen molar-refractivity contribution < 1.29 is 0 Å². The summed E-state index contributed by atoms with van der Waals surface area (Å²) in [6, 6.07) is 8.72. The van der Waals surface area contributed by atoms with Crippen molar-refractivity contribution in [2.24, 2.45) is 0 Å².